The Morgan fingerprint density at radius 2 is 1.26 bits per heavy atom. The van der Waals surface area contributed by atoms with Gasteiger partial charge in [-0.25, -0.2) is 39.7 Å². The molecule has 0 aliphatic carbocycles. The summed E-state index contributed by atoms with van der Waals surface area (Å²) in [6.45, 7) is 2.40. The number of piperidine rings is 1. The predicted octanol–water partition coefficient (Wildman–Crippen LogP) is 6.29. The fraction of sp³-hybridized carbons (Fsp3) is 0.255. The zero-order chi connectivity index (χ0) is 46.1. The molecule has 0 bridgehead atoms. The van der Waals surface area contributed by atoms with Crippen LogP contribution in [0.25, 0.3) is 22.1 Å². The Morgan fingerprint density at radius 1 is 0.692 bits per heavy atom. The van der Waals surface area contributed by atoms with Crippen molar-refractivity contribution in [1.82, 2.24) is 49.3 Å². The van der Waals surface area contributed by atoms with Crippen LogP contribution >= 0.6 is 31.9 Å². The summed E-state index contributed by atoms with van der Waals surface area (Å²) >= 11 is 6.45. The Balaban J connectivity index is 0.000000145. The molecule has 0 radical (unpaired) electrons. The third-order valence-corrected chi connectivity index (χ3v) is 10.7. The van der Waals surface area contributed by atoms with Crippen molar-refractivity contribution in [2.45, 2.75) is 70.9 Å². The van der Waals surface area contributed by atoms with Gasteiger partial charge in [-0.05, 0) is 119 Å². The lowest BCUT2D eigenvalue weighted by atomic mass is 10.1. The zero-order valence-electron chi connectivity index (χ0n) is 35.1. The second-order valence-electron chi connectivity index (χ2n) is 14.5. The number of rotatable bonds is 1. The second-order valence-corrected chi connectivity index (χ2v) is 16.4. The second kappa shape index (κ2) is 23.5. The molecule has 10 heterocycles. The van der Waals surface area contributed by atoms with Gasteiger partial charge >= 0.3 is 5.97 Å². The van der Waals surface area contributed by atoms with Gasteiger partial charge in [0.15, 0.2) is 16.7 Å². The number of nitrogens with two attached hydrogens (primary N) is 1. The van der Waals surface area contributed by atoms with Crippen LogP contribution in [0.15, 0.2) is 104 Å². The number of halogens is 2. The quantitative estimate of drug-likeness (QED) is 0.154. The lowest BCUT2D eigenvalue weighted by Gasteiger charge is -2.17. The molecule has 0 saturated carbocycles. The van der Waals surface area contributed by atoms with Crippen molar-refractivity contribution in [2.24, 2.45) is 0 Å². The van der Waals surface area contributed by atoms with Crippen molar-refractivity contribution in [3.05, 3.63) is 150 Å². The van der Waals surface area contributed by atoms with E-state index in [1.807, 2.05) is 42.5 Å². The number of nitrogens with one attached hydrogen (secondary N) is 1. The first kappa shape index (κ1) is 47.3. The molecule has 1 saturated heterocycles. The first-order valence-corrected chi connectivity index (χ1v) is 22.3. The van der Waals surface area contributed by atoms with E-state index in [4.69, 9.17) is 17.3 Å². The number of anilines is 1. The number of hydrogen-bond donors (Lipinski definition) is 3. The number of aromatic carboxylic acids is 1. The van der Waals surface area contributed by atoms with Gasteiger partial charge in [-0.2, -0.15) is 0 Å². The zero-order valence-corrected chi connectivity index (χ0v) is 38.3. The predicted molar refractivity (Wildman–Crippen MR) is 254 cm³/mol. The maximum Gasteiger partial charge on any atom is 0.356 e. The van der Waals surface area contributed by atoms with Crippen molar-refractivity contribution in [3.8, 4) is 24.2 Å². The van der Waals surface area contributed by atoms with Gasteiger partial charge in [-0.15, -0.1) is 6.42 Å². The van der Waals surface area contributed by atoms with Crippen LogP contribution in [0.5, 0.6) is 0 Å². The average molecular weight is 1000 g/mol. The molecule has 3 aliphatic rings. The molecule has 330 valence electrons. The molecule has 0 atom stereocenters. The van der Waals surface area contributed by atoms with E-state index in [9.17, 15) is 19.2 Å². The number of nitrogens with zero attached hydrogens (tertiary/aromatic N) is 9. The molecule has 18 heteroatoms. The van der Waals surface area contributed by atoms with Crippen LogP contribution in [0.3, 0.4) is 0 Å². The Labute approximate surface area is 390 Å². The van der Waals surface area contributed by atoms with Gasteiger partial charge in [0, 0.05) is 84.4 Å². The third-order valence-electron chi connectivity index (χ3n) is 9.84. The van der Waals surface area contributed by atoms with Gasteiger partial charge < -0.3 is 16.2 Å². The summed E-state index contributed by atoms with van der Waals surface area (Å²) < 4.78 is 5.03. The number of pyridine rings is 5. The number of aryl methyl sites for hydroxylation is 2. The summed E-state index contributed by atoms with van der Waals surface area (Å²) in [6.07, 6.45) is 22.0. The van der Waals surface area contributed by atoms with Crippen molar-refractivity contribution in [1.29, 1.82) is 0 Å². The lowest BCUT2D eigenvalue weighted by molar-refractivity contribution is -0.122. The molecule has 0 aromatic carbocycles. The number of carboxylic acids is 1. The number of terminal acetylenes is 1. The minimum atomic E-state index is -1.12. The van der Waals surface area contributed by atoms with Crippen LogP contribution in [-0.2, 0) is 30.7 Å². The van der Waals surface area contributed by atoms with E-state index >= 15 is 0 Å². The van der Waals surface area contributed by atoms with E-state index in [0.717, 1.165) is 99.1 Å². The van der Waals surface area contributed by atoms with Gasteiger partial charge in [-0.1, -0.05) is 24.0 Å². The van der Waals surface area contributed by atoms with Crippen LogP contribution in [0.2, 0.25) is 0 Å². The fourth-order valence-corrected chi connectivity index (χ4v) is 7.34. The normalized spacial score (nSPS) is 13.3. The highest BCUT2D eigenvalue weighted by molar-refractivity contribution is 9.10. The number of aromatic nitrogens is 9. The summed E-state index contributed by atoms with van der Waals surface area (Å²) in [4.78, 5) is 74.5. The van der Waals surface area contributed by atoms with Gasteiger partial charge in [0.25, 0.3) is 11.1 Å². The van der Waals surface area contributed by atoms with E-state index in [1.54, 1.807) is 40.0 Å². The van der Waals surface area contributed by atoms with Crippen molar-refractivity contribution >= 4 is 71.5 Å². The first-order chi connectivity index (χ1) is 31.5. The molecular formula is C47H43Br2N11O5. The maximum absolute atomic E-state index is 12.5. The number of carbonyl (C=O) groups is 2. The number of hydrogen-bond acceptors (Lipinski definition) is 12. The molecule has 0 unspecified atom stereocenters. The standard InChI is InChI=1S/C18H14N4O.C11H10BrN3O.C7H5N.C6H5BrN2O2.C5H9NO/c23-18-17-15(21-16-6-2-4-10-22(16)18)11-13(12-20-17)7-8-14-5-1-3-9-19-14;12-7-5-8-10(13-6-7)11(16)15-4-2-1-3-9(15)14-8;1-2-7-5-3-4-6-8-7;7-3-1-4(8)5(6(10)11)9-2-3;7-5-3-1-2-4-6-5/h1,3,5,9,11-12H,2,4,6,10H2;5-6H,1-4H2;1,3-6H;1-2H,8H2,(H,10,11);1-4H2,(H,6,7). The summed E-state index contributed by atoms with van der Waals surface area (Å²) in [5.41, 5.74) is 9.65. The van der Waals surface area contributed by atoms with Crippen molar-refractivity contribution < 1.29 is 14.7 Å². The topological polar surface area (TPSA) is 227 Å². The molecule has 7 aromatic rings. The number of fused-ring (bicyclic) bond motifs is 4. The highest BCUT2D eigenvalue weighted by atomic mass is 79.9. The van der Waals surface area contributed by atoms with Crippen LogP contribution in [-0.4, -0.2) is 67.5 Å². The van der Waals surface area contributed by atoms with Gasteiger partial charge in [0.2, 0.25) is 5.91 Å². The Bertz CT molecular complexity index is 3030. The van der Waals surface area contributed by atoms with E-state index in [0.29, 0.717) is 37.9 Å². The molecule has 16 nitrogen and oxygen atoms in total. The summed E-state index contributed by atoms with van der Waals surface area (Å²) in [5.74, 6) is 9.28. The minimum absolute atomic E-state index is 0.00722. The SMILES string of the molecule is C#Cc1ccccn1.Nc1cc(Br)cnc1C(=O)O.O=C1CCCCN1.O=c1c2ncc(Br)cc2nc2n1CCCC2.O=c1c2ncc(C#Cc3ccccn3)cc2nc2n1CCCC2. The monoisotopic (exact) mass is 999 g/mol. The average Bonchev–Trinajstić information content (AvgIpc) is 3.32. The number of amides is 1. The largest absolute Gasteiger partial charge is 0.476 e. The van der Waals surface area contributed by atoms with Crippen molar-refractivity contribution in [2.75, 3.05) is 12.3 Å². The van der Waals surface area contributed by atoms with E-state index in [2.05, 4.69) is 89.8 Å². The van der Waals surface area contributed by atoms with Gasteiger partial charge in [0.05, 0.1) is 16.7 Å². The van der Waals surface area contributed by atoms with E-state index in [-0.39, 0.29) is 28.4 Å². The van der Waals surface area contributed by atoms with Gasteiger partial charge in [-0.3, -0.25) is 23.5 Å². The molecule has 3 aliphatic heterocycles. The summed E-state index contributed by atoms with van der Waals surface area (Å²) in [6, 6.07) is 16.3. The van der Waals surface area contributed by atoms with Crippen LogP contribution in [0.1, 0.15) is 84.0 Å². The lowest BCUT2D eigenvalue weighted by Crippen LogP contribution is -2.28. The maximum atomic E-state index is 12.5. The third kappa shape index (κ3) is 13.4. The van der Waals surface area contributed by atoms with Crippen LogP contribution in [0.4, 0.5) is 5.69 Å². The molecule has 65 heavy (non-hydrogen) atoms. The number of nitrogen functional groups attached to an aromatic ring is 1. The Morgan fingerprint density at radius 3 is 1.77 bits per heavy atom. The van der Waals surface area contributed by atoms with E-state index in [1.165, 1.54) is 12.3 Å². The molecule has 1 amide bonds. The minimum Gasteiger partial charge on any atom is -0.476 e. The number of carboxylic acid groups (broad SMARTS) is 1. The molecule has 1 fully saturated rings. The van der Waals surface area contributed by atoms with Crippen LogP contribution < -0.4 is 22.2 Å². The van der Waals surface area contributed by atoms with Crippen LogP contribution in [0, 0.1) is 24.2 Å². The molecule has 10 rings (SSSR count). The van der Waals surface area contributed by atoms with E-state index < -0.39 is 5.97 Å². The molecule has 4 N–H and O–H groups in total. The summed E-state index contributed by atoms with van der Waals surface area (Å²) in [7, 11) is 0. The smallest absolute Gasteiger partial charge is 0.356 e. The van der Waals surface area contributed by atoms with Gasteiger partial charge in [0.1, 0.15) is 23.0 Å². The summed E-state index contributed by atoms with van der Waals surface area (Å²) in [5, 5.41) is 11.2. The fourth-order valence-electron chi connectivity index (χ4n) is 6.67. The first-order valence-electron chi connectivity index (χ1n) is 20.7. The molecular weight excluding hydrogens is 958 g/mol. The molecule has 0 spiro atoms. The Hall–Kier alpha value is -7.15. The van der Waals surface area contributed by atoms with Crippen molar-refractivity contribution in [3.63, 3.8) is 0 Å². The Kier molecular flexibility index (Phi) is 17.1. The number of carbonyl (C=O) groups excluding carboxylic acids is 1. The molecule has 7 aromatic heterocycles. The highest BCUT2D eigenvalue weighted by Crippen LogP contribution is 2.18. The highest BCUT2D eigenvalue weighted by Gasteiger charge is 2.17.